The second-order valence-electron chi connectivity index (χ2n) is 30.4. The minimum absolute atomic E-state index is 0. The third kappa shape index (κ3) is 19.3. The molecule has 19 heteroatoms. The molecule has 100 heavy (non-hydrogen) atoms. The summed E-state index contributed by atoms with van der Waals surface area (Å²) in [7, 11) is 12.5. The first-order chi connectivity index (χ1) is 48.0. The van der Waals surface area contributed by atoms with Gasteiger partial charge in [0.1, 0.15) is 17.2 Å². The molecule has 15 nitrogen and oxygen atoms in total. The summed E-state index contributed by atoms with van der Waals surface area (Å²) < 4.78 is 39.0. The lowest BCUT2D eigenvalue weighted by Gasteiger charge is -2.31. The first kappa shape index (κ1) is 73.9. The second-order valence-corrected chi connectivity index (χ2v) is 32.2. The molecular formula is C81H107Cl2N9O6S2. The van der Waals surface area contributed by atoms with E-state index in [4.69, 9.17) is 27.8 Å². The van der Waals surface area contributed by atoms with Crippen molar-refractivity contribution >= 4 is 101 Å². The van der Waals surface area contributed by atoms with Crippen LogP contribution < -0.4 is 19.5 Å². The number of ether oxygens (including phenoxy) is 3. The summed E-state index contributed by atoms with van der Waals surface area (Å²) in [6, 6.07) is 30.4. The average molecular weight is 1440 g/mol. The molecule has 3 aliphatic carbocycles. The minimum Gasteiger partial charge on any atom is -0.493 e. The zero-order chi connectivity index (χ0) is 66.9. The van der Waals surface area contributed by atoms with Gasteiger partial charge in [-0.2, -0.15) is 0 Å². The quantitative estimate of drug-likeness (QED) is 0.0498. The third-order valence-corrected chi connectivity index (χ3v) is 23.4. The number of fused-ring (bicyclic) bond motifs is 5. The van der Waals surface area contributed by atoms with Crippen molar-refractivity contribution in [1.29, 1.82) is 0 Å². The van der Waals surface area contributed by atoms with Gasteiger partial charge in [0.2, 0.25) is 0 Å². The molecule has 0 radical (unpaired) electrons. The van der Waals surface area contributed by atoms with Crippen LogP contribution in [0.4, 0.5) is 0 Å². The Morgan fingerprint density at radius 1 is 0.410 bits per heavy atom. The van der Waals surface area contributed by atoms with Crippen LogP contribution in [0.3, 0.4) is 0 Å². The molecule has 5 aromatic carbocycles. The van der Waals surface area contributed by atoms with Gasteiger partial charge in [0, 0.05) is 58.3 Å². The van der Waals surface area contributed by atoms with E-state index in [1.165, 1.54) is 154 Å². The maximum absolute atomic E-state index is 6.19. The van der Waals surface area contributed by atoms with Gasteiger partial charge in [0.25, 0.3) is 0 Å². The fourth-order valence-corrected chi connectivity index (χ4v) is 16.9. The molecule has 6 aliphatic rings. The predicted molar refractivity (Wildman–Crippen MR) is 414 cm³/mol. The summed E-state index contributed by atoms with van der Waals surface area (Å²) >= 11 is 3.74. The summed E-state index contributed by atoms with van der Waals surface area (Å²) in [5, 5.41) is 28.0. The molecular weight excluding hydrogens is 1330 g/mol. The van der Waals surface area contributed by atoms with E-state index in [1.54, 1.807) is 0 Å². The standard InChI is InChI=1S/2C30H37N3O2S.C21H31N3O2.2ClH/c2*1-32(2)18-26-28(34-19-22-7-8-22)12-10-25-27(31-35-30(25)26)11-9-21-13-15-33(16-14-21)17-23-20-36-29-6-4-3-5-24(23)29;1-24(2)13-18-20(25-14-16-3-4-16)8-6-17-19(23-26-21(17)18)7-5-15-9-11-22-12-10-15;;/h2*3-6,10,12,20-22H,7-9,11,13-19H2,1-2H3;6,8,15-16,22H,3-5,7,9-14H2,1-2H3;2*1H. The van der Waals surface area contributed by atoms with Crippen molar-refractivity contribution in [3.05, 3.63) is 141 Å². The zero-order valence-electron chi connectivity index (χ0n) is 60.0. The minimum atomic E-state index is 0. The highest BCUT2D eigenvalue weighted by molar-refractivity contribution is 7.17. The van der Waals surface area contributed by atoms with Crippen molar-refractivity contribution in [2.75, 3.05) is 101 Å². The molecule has 0 atom stereocenters. The van der Waals surface area contributed by atoms with E-state index < -0.39 is 0 Å². The van der Waals surface area contributed by atoms with Crippen LogP contribution in [0.5, 0.6) is 17.2 Å². The normalized spacial score (nSPS) is 17.5. The maximum Gasteiger partial charge on any atom is 0.175 e. The van der Waals surface area contributed by atoms with Crippen LogP contribution in [0.2, 0.25) is 0 Å². The Labute approximate surface area is 612 Å². The number of nitrogens with one attached hydrogen (secondary N) is 1. The summed E-state index contributed by atoms with van der Waals surface area (Å²) in [5.74, 6) is 7.40. The van der Waals surface area contributed by atoms with Crippen molar-refractivity contribution < 1.29 is 27.8 Å². The molecule has 10 aromatic rings. The molecule has 3 saturated carbocycles. The topological polar surface area (TPSA) is 134 Å². The SMILES string of the molecule is CN(C)Cc1c(OCC2CC2)ccc2c(CCC3CCN(Cc4csc5ccccc45)CC3)noc12.CN(C)Cc1c(OCC2CC2)ccc2c(CCC3CCN(Cc4csc5ccccc45)CC3)noc12.CN(C)Cc1c(OCC2CC2)ccc2c(CCC3CCNCC3)noc12.Cl.Cl. The Kier molecular flexibility index (Phi) is 25.9. The van der Waals surface area contributed by atoms with Gasteiger partial charge in [0.05, 0.1) is 53.6 Å². The van der Waals surface area contributed by atoms with Crippen molar-refractivity contribution in [3.8, 4) is 17.2 Å². The smallest absolute Gasteiger partial charge is 0.175 e. The highest BCUT2D eigenvalue weighted by Gasteiger charge is 2.29. The van der Waals surface area contributed by atoms with Crippen LogP contribution in [0, 0.1) is 35.5 Å². The molecule has 0 bridgehead atoms. The van der Waals surface area contributed by atoms with Crippen LogP contribution in [-0.4, -0.2) is 141 Å². The zero-order valence-corrected chi connectivity index (χ0v) is 63.3. The number of aromatic nitrogens is 3. The third-order valence-electron chi connectivity index (χ3n) is 21.4. The molecule has 538 valence electrons. The number of aryl methyl sites for hydroxylation is 3. The van der Waals surface area contributed by atoms with Crippen LogP contribution in [0.25, 0.3) is 53.1 Å². The lowest BCUT2D eigenvalue weighted by atomic mass is 9.91. The molecule has 8 heterocycles. The Morgan fingerprint density at radius 2 is 0.740 bits per heavy atom. The van der Waals surface area contributed by atoms with Crippen LogP contribution in [0.1, 0.15) is 141 Å². The number of piperidine rings is 3. The fourth-order valence-electron chi connectivity index (χ4n) is 14.9. The van der Waals surface area contributed by atoms with E-state index in [0.717, 1.165) is 204 Å². The Hall–Kier alpha value is -5.83. The number of likely N-dealkylation sites (tertiary alicyclic amines) is 2. The first-order valence-corrected chi connectivity index (χ1v) is 38.8. The number of halogens is 2. The monoisotopic (exact) mass is 1440 g/mol. The number of benzene rings is 5. The summed E-state index contributed by atoms with van der Waals surface area (Å²) in [6.07, 6.45) is 21.9. The fraction of sp³-hybridized carbons (Fsp3) is 0.543. The van der Waals surface area contributed by atoms with Gasteiger partial charge in [0.15, 0.2) is 16.7 Å². The first-order valence-electron chi connectivity index (χ1n) is 37.1. The molecule has 1 N–H and O–H groups in total. The van der Waals surface area contributed by atoms with E-state index in [0.29, 0.717) is 0 Å². The van der Waals surface area contributed by atoms with Crippen molar-refractivity contribution in [2.24, 2.45) is 35.5 Å². The van der Waals surface area contributed by atoms with E-state index >= 15 is 0 Å². The molecule has 0 unspecified atom stereocenters. The van der Waals surface area contributed by atoms with Gasteiger partial charge in [-0.3, -0.25) is 9.80 Å². The van der Waals surface area contributed by atoms with Crippen LogP contribution >= 0.6 is 47.5 Å². The Bertz CT molecular complexity index is 4000. The van der Waals surface area contributed by atoms with Gasteiger partial charge in [-0.25, -0.2) is 0 Å². The van der Waals surface area contributed by atoms with Gasteiger partial charge in [-0.1, -0.05) is 51.9 Å². The maximum atomic E-state index is 6.19. The van der Waals surface area contributed by atoms with E-state index in [9.17, 15) is 0 Å². The molecule has 5 aromatic heterocycles. The molecule has 3 aliphatic heterocycles. The number of nitrogens with zero attached hydrogens (tertiary/aromatic N) is 8. The highest BCUT2D eigenvalue weighted by Crippen LogP contribution is 2.40. The Morgan fingerprint density at radius 3 is 1.07 bits per heavy atom. The number of hydrogen-bond acceptors (Lipinski definition) is 17. The van der Waals surface area contributed by atoms with E-state index in [1.807, 2.05) is 22.7 Å². The lowest BCUT2D eigenvalue weighted by Crippen LogP contribution is -2.33. The molecule has 3 saturated heterocycles. The van der Waals surface area contributed by atoms with Crippen LogP contribution in [0.15, 0.2) is 109 Å². The summed E-state index contributed by atoms with van der Waals surface area (Å²) in [4.78, 5) is 11.8. The average Bonchev–Trinajstić information content (AvgIpc) is 1.63. The van der Waals surface area contributed by atoms with Gasteiger partial charge >= 0.3 is 0 Å². The van der Waals surface area contributed by atoms with Crippen molar-refractivity contribution in [1.82, 2.24) is 45.3 Å². The molecule has 0 amide bonds. The number of rotatable bonds is 28. The lowest BCUT2D eigenvalue weighted by molar-refractivity contribution is 0.173. The number of hydrogen-bond donors (Lipinski definition) is 1. The van der Waals surface area contributed by atoms with Gasteiger partial charge < -0.3 is 47.8 Å². The number of thiophene rings is 2. The van der Waals surface area contributed by atoms with Crippen molar-refractivity contribution in [3.63, 3.8) is 0 Å². The molecule has 6 fully saturated rings. The largest absolute Gasteiger partial charge is 0.493 e. The highest BCUT2D eigenvalue weighted by atomic mass is 35.5. The van der Waals surface area contributed by atoms with Crippen molar-refractivity contribution in [2.45, 2.75) is 148 Å². The Balaban J connectivity index is 0.000000143. The summed E-state index contributed by atoms with van der Waals surface area (Å²) in [5.41, 5.74) is 12.4. The van der Waals surface area contributed by atoms with Crippen LogP contribution in [-0.2, 0) is 52.0 Å². The predicted octanol–water partition coefficient (Wildman–Crippen LogP) is 17.9. The molecule has 0 spiro atoms. The van der Waals surface area contributed by atoms with E-state index in [-0.39, 0.29) is 24.8 Å². The van der Waals surface area contributed by atoms with Gasteiger partial charge in [-0.15, -0.1) is 47.5 Å². The molecule has 16 rings (SSSR count). The van der Waals surface area contributed by atoms with E-state index in [2.05, 4.69) is 183 Å². The summed E-state index contributed by atoms with van der Waals surface area (Å²) in [6.45, 7) is 14.0. The second kappa shape index (κ2) is 35.1. The van der Waals surface area contributed by atoms with Gasteiger partial charge in [-0.05, 0) is 314 Å².